The van der Waals surface area contributed by atoms with Crippen molar-refractivity contribution in [3.63, 3.8) is 0 Å². The van der Waals surface area contributed by atoms with E-state index in [1.165, 1.54) is 0 Å². The summed E-state index contributed by atoms with van der Waals surface area (Å²) in [6.07, 6.45) is 2.61. The first-order valence-electron chi connectivity index (χ1n) is 7.14. The van der Waals surface area contributed by atoms with Crippen molar-refractivity contribution >= 4 is 5.91 Å². The largest absolute Gasteiger partial charge is 0.493 e. The lowest BCUT2D eigenvalue weighted by Crippen LogP contribution is -2.30. The zero-order chi connectivity index (χ0) is 15.0. The Kier molecular flexibility index (Phi) is 6.91. The highest BCUT2D eigenvalue weighted by molar-refractivity contribution is 5.76. The van der Waals surface area contributed by atoms with Gasteiger partial charge in [0.25, 0.3) is 0 Å². The summed E-state index contributed by atoms with van der Waals surface area (Å²) in [5.74, 6) is 1.61. The molecule has 1 rings (SSSR count). The fourth-order valence-corrected chi connectivity index (χ4v) is 2.06. The number of benzene rings is 1. The molecule has 0 saturated carbocycles. The minimum Gasteiger partial charge on any atom is -0.493 e. The van der Waals surface area contributed by atoms with Gasteiger partial charge in [-0.3, -0.25) is 4.79 Å². The molecule has 0 bridgehead atoms. The van der Waals surface area contributed by atoms with Crippen molar-refractivity contribution < 1.29 is 14.3 Å². The van der Waals surface area contributed by atoms with Crippen LogP contribution in [0.1, 0.15) is 38.7 Å². The van der Waals surface area contributed by atoms with E-state index in [1.807, 2.05) is 30.0 Å². The molecule has 1 amide bonds. The first-order chi connectivity index (χ1) is 9.65. The van der Waals surface area contributed by atoms with Gasteiger partial charge in [-0.05, 0) is 31.0 Å². The third kappa shape index (κ3) is 4.44. The standard InChI is InChI=1S/C16H25NO3/c1-5-7-8-16(18)17(6-2)12-13-9-10-14(19-3)15(11-13)20-4/h9-11H,5-8,12H2,1-4H3. The molecular weight excluding hydrogens is 254 g/mol. The molecule has 0 N–H and O–H groups in total. The predicted molar refractivity (Wildman–Crippen MR) is 80.2 cm³/mol. The lowest BCUT2D eigenvalue weighted by atomic mass is 10.1. The second kappa shape index (κ2) is 8.46. The highest BCUT2D eigenvalue weighted by Gasteiger charge is 2.13. The van der Waals surface area contributed by atoms with E-state index in [4.69, 9.17) is 9.47 Å². The molecular formula is C16H25NO3. The molecule has 0 aliphatic heterocycles. The number of hydrogen-bond donors (Lipinski definition) is 0. The van der Waals surface area contributed by atoms with Crippen LogP contribution < -0.4 is 9.47 Å². The lowest BCUT2D eigenvalue weighted by molar-refractivity contribution is -0.131. The van der Waals surface area contributed by atoms with Gasteiger partial charge >= 0.3 is 0 Å². The van der Waals surface area contributed by atoms with Crippen molar-refractivity contribution in [2.75, 3.05) is 20.8 Å². The Hall–Kier alpha value is -1.71. The highest BCUT2D eigenvalue weighted by atomic mass is 16.5. The number of unbranched alkanes of at least 4 members (excludes halogenated alkanes) is 1. The second-order valence-electron chi connectivity index (χ2n) is 4.70. The molecule has 1 aromatic rings. The molecule has 0 radical (unpaired) electrons. The first-order valence-corrected chi connectivity index (χ1v) is 7.14. The van der Waals surface area contributed by atoms with Crippen molar-refractivity contribution in [2.45, 2.75) is 39.7 Å². The Morgan fingerprint density at radius 3 is 2.40 bits per heavy atom. The van der Waals surface area contributed by atoms with Gasteiger partial charge in [0.2, 0.25) is 5.91 Å². The summed E-state index contributed by atoms with van der Waals surface area (Å²) in [5.41, 5.74) is 1.05. The van der Waals surface area contributed by atoms with E-state index in [9.17, 15) is 4.79 Å². The van der Waals surface area contributed by atoms with Crippen LogP contribution in [0.2, 0.25) is 0 Å². The SMILES string of the molecule is CCCCC(=O)N(CC)Cc1ccc(OC)c(OC)c1. The Balaban J connectivity index is 2.77. The Labute approximate surface area is 121 Å². The maximum Gasteiger partial charge on any atom is 0.222 e. The molecule has 0 unspecified atom stereocenters. The third-order valence-electron chi connectivity index (χ3n) is 3.30. The fourth-order valence-electron chi connectivity index (χ4n) is 2.06. The van der Waals surface area contributed by atoms with Crippen molar-refractivity contribution in [3.05, 3.63) is 23.8 Å². The van der Waals surface area contributed by atoms with Crippen molar-refractivity contribution in [1.82, 2.24) is 4.90 Å². The zero-order valence-electron chi connectivity index (χ0n) is 12.9. The van der Waals surface area contributed by atoms with Crippen LogP contribution in [0.4, 0.5) is 0 Å². The van der Waals surface area contributed by atoms with E-state index in [-0.39, 0.29) is 5.91 Å². The van der Waals surface area contributed by atoms with Crippen LogP contribution in [-0.4, -0.2) is 31.6 Å². The highest BCUT2D eigenvalue weighted by Crippen LogP contribution is 2.28. The van der Waals surface area contributed by atoms with Gasteiger partial charge in [-0.2, -0.15) is 0 Å². The van der Waals surface area contributed by atoms with E-state index in [1.54, 1.807) is 14.2 Å². The molecule has 20 heavy (non-hydrogen) atoms. The van der Waals surface area contributed by atoms with Gasteiger partial charge in [0, 0.05) is 19.5 Å². The minimum absolute atomic E-state index is 0.212. The van der Waals surface area contributed by atoms with Gasteiger partial charge in [-0.15, -0.1) is 0 Å². The van der Waals surface area contributed by atoms with Gasteiger partial charge in [-0.1, -0.05) is 19.4 Å². The van der Waals surface area contributed by atoms with E-state index >= 15 is 0 Å². The summed E-state index contributed by atoms with van der Waals surface area (Å²) in [5, 5.41) is 0. The van der Waals surface area contributed by atoms with Crippen molar-refractivity contribution in [1.29, 1.82) is 0 Å². The molecule has 0 heterocycles. The summed E-state index contributed by atoms with van der Waals surface area (Å²) < 4.78 is 10.5. The van der Waals surface area contributed by atoms with Gasteiger partial charge in [-0.25, -0.2) is 0 Å². The third-order valence-corrected chi connectivity index (χ3v) is 3.30. The van der Waals surface area contributed by atoms with Gasteiger partial charge in [0.15, 0.2) is 11.5 Å². The Morgan fingerprint density at radius 2 is 1.85 bits per heavy atom. The topological polar surface area (TPSA) is 38.8 Å². The Bertz CT molecular complexity index is 432. The second-order valence-corrected chi connectivity index (χ2v) is 4.70. The molecule has 0 aliphatic rings. The average molecular weight is 279 g/mol. The molecule has 4 heteroatoms. The van der Waals surface area contributed by atoms with E-state index in [0.717, 1.165) is 24.9 Å². The number of hydrogen-bond acceptors (Lipinski definition) is 3. The minimum atomic E-state index is 0.212. The van der Waals surface area contributed by atoms with Crippen LogP contribution in [-0.2, 0) is 11.3 Å². The van der Waals surface area contributed by atoms with Crippen molar-refractivity contribution in [3.8, 4) is 11.5 Å². The van der Waals surface area contributed by atoms with E-state index in [0.29, 0.717) is 24.5 Å². The first kappa shape index (κ1) is 16.3. The van der Waals surface area contributed by atoms with Gasteiger partial charge in [0.05, 0.1) is 14.2 Å². The molecule has 0 fully saturated rings. The number of nitrogens with zero attached hydrogens (tertiary/aromatic N) is 1. The number of carbonyl (C=O) groups excluding carboxylic acids is 1. The van der Waals surface area contributed by atoms with Crippen molar-refractivity contribution in [2.24, 2.45) is 0 Å². The monoisotopic (exact) mass is 279 g/mol. The maximum absolute atomic E-state index is 12.1. The summed E-state index contributed by atoms with van der Waals surface area (Å²) >= 11 is 0. The molecule has 0 saturated heterocycles. The summed E-state index contributed by atoms with van der Waals surface area (Å²) in [6.45, 7) is 5.43. The predicted octanol–water partition coefficient (Wildman–Crippen LogP) is 3.24. The lowest BCUT2D eigenvalue weighted by Gasteiger charge is -2.21. The van der Waals surface area contributed by atoms with E-state index < -0.39 is 0 Å². The van der Waals surface area contributed by atoms with Gasteiger partial charge < -0.3 is 14.4 Å². The smallest absolute Gasteiger partial charge is 0.222 e. The molecule has 0 spiro atoms. The normalized spacial score (nSPS) is 10.2. The summed E-state index contributed by atoms with van der Waals surface area (Å²) in [6, 6.07) is 5.77. The molecule has 0 atom stereocenters. The molecule has 0 aliphatic carbocycles. The van der Waals surface area contributed by atoms with Crippen LogP contribution in [0, 0.1) is 0 Å². The van der Waals surface area contributed by atoms with Crippen LogP contribution >= 0.6 is 0 Å². The van der Waals surface area contributed by atoms with Crippen LogP contribution in [0.25, 0.3) is 0 Å². The van der Waals surface area contributed by atoms with Crippen LogP contribution in [0.3, 0.4) is 0 Å². The number of rotatable bonds is 8. The number of ether oxygens (including phenoxy) is 2. The summed E-state index contributed by atoms with van der Waals surface area (Å²) in [4.78, 5) is 14.0. The molecule has 4 nitrogen and oxygen atoms in total. The van der Waals surface area contributed by atoms with E-state index in [2.05, 4.69) is 6.92 Å². The fraction of sp³-hybridized carbons (Fsp3) is 0.562. The van der Waals surface area contributed by atoms with Gasteiger partial charge in [0.1, 0.15) is 0 Å². The average Bonchev–Trinajstić information content (AvgIpc) is 2.49. The zero-order valence-corrected chi connectivity index (χ0v) is 12.9. The number of carbonyl (C=O) groups is 1. The quantitative estimate of drug-likeness (QED) is 0.733. The van der Waals surface area contributed by atoms with Crippen LogP contribution in [0.15, 0.2) is 18.2 Å². The molecule has 112 valence electrons. The molecule has 1 aromatic carbocycles. The number of amides is 1. The van der Waals surface area contributed by atoms with Crippen LogP contribution in [0.5, 0.6) is 11.5 Å². The Morgan fingerprint density at radius 1 is 1.15 bits per heavy atom. The number of methoxy groups -OCH3 is 2. The molecule has 0 aromatic heterocycles. The maximum atomic E-state index is 12.1. The summed E-state index contributed by atoms with van der Waals surface area (Å²) in [7, 11) is 3.23.